The van der Waals surface area contributed by atoms with Crippen LogP contribution < -0.4 is 5.32 Å². The van der Waals surface area contributed by atoms with Crippen molar-refractivity contribution < 1.29 is 4.79 Å². The van der Waals surface area contributed by atoms with Crippen LogP contribution in [-0.2, 0) is 4.79 Å². The SMILES string of the molecule is C=C/C(C(=O)NC)=C(S)\C=C/C. The second-order valence-corrected chi connectivity index (χ2v) is 2.56. The van der Waals surface area contributed by atoms with E-state index in [4.69, 9.17) is 0 Å². The minimum atomic E-state index is -0.173. The number of hydrogen-bond acceptors (Lipinski definition) is 2. The Morgan fingerprint density at radius 3 is 2.50 bits per heavy atom. The first kappa shape index (κ1) is 11.0. The predicted octanol–water partition coefficient (Wildman–Crippen LogP) is 1.68. The molecule has 0 heterocycles. The Hall–Kier alpha value is -0.960. The van der Waals surface area contributed by atoms with Crippen molar-refractivity contribution >= 4 is 18.5 Å². The quantitative estimate of drug-likeness (QED) is 0.389. The van der Waals surface area contributed by atoms with E-state index in [2.05, 4.69) is 24.5 Å². The largest absolute Gasteiger partial charge is 0.355 e. The second kappa shape index (κ2) is 5.66. The van der Waals surface area contributed by atoms with E-state index in [0.717, 1.165) is 0 Å². The van der Waals surface area contributed by atoms with Crippen LogP contribution in [0, 0.1) is 0 Å². The van der Waals surface area contributed by atoms with Gasteiger partial charge in [0.1, 0.15) is 0 Å². The molecule has 0 atom stereocenters. The number of hydrogen-bond donors (Lipinski definition) is 2. The van der Waals surface area contributed by atoms with Crippen LogP contribution in [-0.4, -0.2) is 13.0 Å². The van der Waals surface area contributed by atoms with Gasteiger partial charge in [-0.3, -0.25) is 4.79 Å². The molecular formula is C9H13NOS. The lowest BCUT2D eigenvalue weighted by molar-refractivity contribution is -0.116. The summed E-state index contributed by atoms with van der Waals surface area (Å²) in [5.74, 6) is -0.173. The van der Waals surface area contributed by atoms with Crippen LogP contribution in [0.1, 0.15) is 6.92 Å². The normalized spacial score (nSPS) is 12.6. The Kier molecular flexibility index (Phi) is 5.21. The third kappa shape index (κ3) is 2.96. The lowest BCUT2D eigenvalue weighted by atomic mass is 10.2. The third-order valence-electron chi connectivity index (χ3n) is 1.28. The van der Waals surface area contributed by atoms with Crippen LogP contribution in [0.3, 0.4) is 0 Å². The summed E-state index contributed by atoms with van der Waals surface area (Å²) in [6, 6.07) is 0. The van der Waals surface area contributed by atoms with Gasteiger partial charge in [-0.25, -0.2) is 0 Å². The number of allylic oxidation sites excluding steroid dienone is 2. The van der Waals surface area contributed by atoms with Crippen LogP contribution in [0.15, 0.2) is 35.3 Å². The van der Waals surface area contributed by atoms with Gasteiger partial charge >= 0.3 is 0 Å². The summed E-state index contributed by atoms with van der Waals surface area (Å²) in [6.07, 6.45) is 5.05. The van der Waals surface area contributed by atoms with Crippen molar-refractivity contribution in [3.05, 3.63) is 35.3 Å². The van der Waals surface area contributed by atoms with E-state index in [1.165, 1.54) is 6.08 Å². The fourth-order valence-electron chi connectivity index (χ4n) is 0.696. The molecule has 0 saturated heterocycles. The Labute approximate surface area is 78.5 Å². The zero-order valence-electron chi connectivity index (χ0n) is 7.29. The second-order valence-electron chi connectivity index (χ2n) is 2.08. The molecule has 3 heteroatoms. The van der Waals surface area contributed by atoms with Gasteiger partial charge in [-0.2, -0.15) is 0 Å². The molecule has 2 nitrogen and oxygen atoms in total. The van der Waals surface area contributed by atoms with Crippen LogP contribution in [0.2, 0.25) is 0 Å². The van der Waals surface area contributed by atoms with E-state index in [0.29, 0.717) is 10.5 Å². The maximum atomic E-state index is 11.1. The molecule has 0 aliphatic carbocycles. The van der Waals surface area contributed by atoms with Gasteiger partial charge in [-0.05, 0) is 6.92 Å². The van der Waals surface area contributed by atoms with Gasteiger partial charge in [-0.15, -0.1) is 12.6 Å². The number of amides is 1. The van der Waals surface area contributed by atoms with Gasteiger partial charge in [0.05, 0.1) is 5.57 Å². The van der Waals surface area contributed by atoms with E-state index >= 15 is 0 Å². The highest BCUT2D eigenvalue weighted by Crippen LogP contribution is 2.11. The third-order valence-corrected chi connectivity index (χ3v) is 1.67. The van der Waals surface area contributed by atoms with Crippen molar-refractivity contribution in [2.45, 2.75) is 6.92 Å². The average Bonchev–Trinajstić information content (AvgIpc) is 2.06. The molecule has 0 aromatic carbocycles. The summed E-state index contributed by atoms with van der Waals surface area (Å²) in [6.45, 7) is 5.39. The molecule has 1 N–H and O–H groups in total. The summed E-state index contributed by atoms with van der Waals surface area (Å²) in [5.41, 5.74) is 0.485. The molecule has 0 aromatic rings. The molecule has 0 bridgehead atoms. The van der Waals surface area contributed by atoms with Crippen molar-refractivity contribution in [1.82, 2.24) is 5.32 Å². The van der Waals surface area contributed by atoms with Crippen LogP contribution in [0.5, 0.6) is 0 Å². The fraction of sp³-hybridized carbons (Fsp3) is 0.222. The van der Waals surface area contributed by atoms with Crippen LogP contribution >= 0.6 is 12.6 Å². The van der Waals surface area contributed by atoms with Gasteiger partial charge in [-0.1, -0.05) is 24.8 Å². The van der Waals surface area contributed by atoms with E-state index in [9.17, 15) is 4.79 Å². The highest BCUT2D eigenvalue weighted by molar-refractivity contribution is 7.84. The number of thiol groups is 1. The molecule has 66 valence electrons. The van der Waals surface area contributed by atoms with Crippen LogP contribution in [0.4, 0.5) is 0 Å². The van der Waals surface area contributed by atoms with Gasteiger partial charge in [0, 0.05) is 12.0 Å². The van der Waals surface area contributed by atoms with Gasteiger partial charge in [0.25, 0.3) is 5.91 Å². The zero-order chi connectivity index (χ0) is 9.56. The van der Waals surface area contributed by atoms with Gasteiger partial charge in [0.15, 0.2) is 0 Å². The number of nitrogens with one attached hydrogen (secondary N) is 1. The number of carbonyl (C=O) groups is 1. The first-order chi connectivity index (χ1) is 5.67. The van der Waals surface area contributed by atoms with Crippen molar-refractivity contribution in [3.63, 3.8) is 0 Å². The van der Waals surface area contributed by atoms with Crippen molar-refractivity contribution in [2.75, 3.05) is 7.05 Å². The summed E-state index contributed by atoms with van der Waals surface area (Å²) in [7, 11) is 1.57. The molecule has 0 spiro atoms. The smallest absolute Gasteiger partial charge is 0.252 e. The van der Waals surface area contributed by atoms with E-state index in [1.807, 2.05) is 13.0 Å². The summed E-state index contributed by atoms with van der Waals surface area (Å²) in [4.78, 5) is 11.8. The zero-order valence-corrected chi connectivity index (χ0v) is 8.19. The van der Waals surface area contributed by atoms with Gasteiger partial charge in [0.2, 0.25) is 0 Å². The molecule has 0 radical (unpaired) electrons. The molecule has 0 aliphatic rings. The van der Waals surface area contributed by atoms with E-state index in [-0.39, 0.29) is 5.91 Å². The molecule has 0 saturated carbocycles. The number of rotatable bonds is 3. The Morgan fingerprint density at radius 1 is 1.58 bits per heavy atom. The lowest BCUT2D eigenvalue weighted by Crippen LogP contribution is -2.19. The fourth-order valence-corrected chi connectivity index (χ4v) is 1.04. The van der Waals surface area contributed by atoms with E-state index in [1.54, 1.807) is 13.1 Å². The highest BCUT2D eigenvalue weighted by Gasteiger charge is 2.05. The molecule has 0 unspecified atom stereocenters. The topological polar surface area (TPSA) is 29.1 Å². The van der Waals surface area contributed by atoms with E-state index < -0.39 is 0 Å². The maximum absolute atomic E-state index is 11.1. The monoisotopic (exact) mass is 183 g/mol. The standard InChI is InChI=1S/C9H13NOS/c1-4-6-8(12)7(5-2)9(11)10-3/h4-6,12H,2H2,1,3H3,(H,10,11)/b6-4-,8-7-. The molecule has 0 aliphatic heterocycles. The summed E-state index contributed by atoms with van der Waals surface area (Å²) in [5, 5.41) is 2.50. The maximum Gasteiger partial charge on any atom is 0.252 e. The molecular weight excluding hydrogens is 170 g/mol. The minimum absolute atomic E-state index is 0.173. The lowest BCUT2D eigenvalue weighted by Gasteiger charge is -2.01. The first-order valence-electron chi connectivity index (χ1n) is 3.57. The Morgan fingerprint density at radius 2 is 2.17 bits per heavy atom. The minimum Gasteiger partial charge on any atom is -0.355 e. The molecule has 0 aromatic heterocycles. The molecule has 0 rings (SSSR count). The van der Waals surface area contributed by atoms with Crippen molar-refractivity contribution in [1.29, 1.82) is 0 Å². The number of likely N-dealkylation sites (N-methyl/N-ethyl adjacent to an activating group) is 1. The predicted molar refractivity (Wildman–Crippen MR) is 55.1 cm³/mol. The van der Waals surface area contributed by atoms with Gasteiger partial charge < -0.3 is 5.32 Å². The Bertz CT molecular complexity index is 241. The van der Waals surface area contributed by atoms with Crippen molar-refractivity contribution in [3.8, 4) is 0 Å². The van der Waals surface area contributed by atoms with Crippen LogP contribution in [0.25, 0.3) is 0 Å². The number of carbonyl (C=O) groups excluding carboxylic acids is 1. The Balaban J connectivity index is 4.85. The average molecular weight is 183 g/mol. The highest BCUT2D eigenvalue weighted by atomic mass is 32.1. The first-order valence-corrected chi connectivity index (χ1v) is 4.02. The van der Waals surface area contributed by atoms with Crippen molar-refractivity contribution in [2.24, 2.45) is 0 Å². The summed E-state index contributed by atoms with van der Waals surface area (Å²) < 4.78 is 0. The molecule has 0 fully saturated rings. The molecule has 1 amide bonds. The molecule has 12 heavy (non-hydrogen) atoms. The summed E-state index contributed by atoms with van der Waals surface area (Å²) >= 11 is 4.14.